The second-order valence-corrected chi connectivity index (χ2v) is 7.60. The van der Waals surface area contributed by atoms with E-state index in [0.717, 1.165) is 42.3 Å². The number of thioether (sulfide) groups is 1. The van der Waals surface area contributed by atoms with Gasteiger partial charge in [-0.3, -0.25) is 4.79 Å². The highest BCUT2D eigenvalue weighted by Crippen LogP contribution is 2.34. The lowest BCUT2D eigenvalue weighted by molar-refractivity contribution is 0.0487. The van der Waals surface area contributed by atoms with Crippen molar-refractivity contribution in [1.82, 2.24) is 5.32 Å². The number of hydrogen-bond acceptors (Lipinski definition) is 3. The van der Waals surface area contributed by atoms with Gasteiger partial charge in [0.15, 0.2) is 0 Å². The van der Waals surface area contributed by atoms with Crippen molar-refractivity contribution in [2.75, 3.05) is 25.5 Å². The van der Waals surface area contributed by atoms with E-state index in [2.05, 4.69) is 36.2 Å². The topological polar surface area (TPSA) is 38.3 Å². The van der Waals surface area contributed by atoms with Crippen LogP contribution >= 0.6 is 11.8 Å². The fourth-order valence-electron chi connectivity index (χ4n) is 3.39. The van der Waals surface area contributed by atoms with Crippen LogP contribution in [0, 0.1) is 0 Å². The molecule has 3 nitrogen and oxygen atoms in total. The van der Waals surface area contributed by atoms with Gasteiger partial charge in [0.25, 0.3) is 5.91 Å². The van der Waals surface area contributed by atoms with Gasteiger partial charge in [0.2, 0.25) is 0 Å². The van der Waals surface area contributed by atoms with Gasteiger partial charge in [-0.15, -0.1) is 18.3 Å². The Balaban J connectivity index is 1.76. The lowest BCUT2D eigenvalue weighted by Crippen LogP contribution is -2.44. The molecule has 1 aliphatic heterocycles. The minimum Gasteiger partial charge on any atom is -0.381 e. The summed E-state index contributed by atoms with van der Waals surface area (Å²) in [5.41, 5.74) is 1.95. The molecule has 0 saturated carbocycles. The molecule has 136 valence electrons. The van der Waals surface area contributed by atoms with Gasteiger partial charge in [-0.05, 0) is 30.5 Å². The van der Waals surface area contributed by atoms with E-state index in [-0.39, 0.29) is 11.3 Å². The lowest BCUT2D eigenvalue weighted by atomic mass is 9.74. The average molecular weight is 368 g/mol. The summed E-state index contributed by atoms with van der Waals surface area (Å²) < 4.78 is 5.58. The molecule has 0 aliphatic carbocycles. The second kappa shape index (κ2) is 9.06. The predicted molar refractivity (Wildman–Crippen MR) is 108 cm³/mol. The zero-order valence-corrected chi connectivity index (χ0v) is 15.8. The molecule has 1 N–H and O–H groups in total. The lowest BCUT2D eigenvalue weighted by Gasteiger charge is -2.38. The molecule has 3 rings (SSSR count). The SMILES string of the molecule is C=CCSc1ccccc1C(=O)NCC1(c2ccccc2)CCOCC1. The van der Waals surface area contributed by atoms with Gasteiger partial charge in [0, 0.05) is 35.8 Å². The Bertz CT molecular complexity index is 739. The van der Waals surface area contributed by atoms with Crippen LogP contribution in [0.25, 0.3) is 0 Å². The molecular weight excluding hydrogens is 342 g/mol. The molecule has 0 radical (unpaired) electrons. The van der Waals surface area contributed by atoms with Crippen molar-refractivity contribution in [1.29, 1.82) is 0 Å². The smallest absolute Gasteiger partial charge is 0.252 e. The fraction of sp³-hybridized carbons (Fsp3) is 0.318. The predicted octanol–water partition coefficient (Wildman–Crippen LogP) is 4.44. The van der Waals surface area contributed by atoms with Crippen LogP contribution in [0.2, 0.25) is 0 Å². The van der Waals surface area contributed by atoms with Crippen LogP contribution in [0.15, 0.2) is 72.1 Å². The second-order valence-electron chi connectivity index (χ2n) is 6.54. The number of hydrogen-bond donors (Lipinski definition) is 1. The molecule has 1 amide bonds. The zero-order valence-electron chi connectivity index (χ0n) is 14.9. The normalized spacial score (nSPS) is 16.0. The minimum atomic E-state index is -0.0572. The summed E-state index contributed by atoms with van der Waals surface area (Å²) in [7, 11) is 0. The van der Waals surface area contributed by atoms with E-state index >= 15 is 0 Å². The van der Waals surface area contributed by atoms with Gasteiger partial charge < -0.3 is 10.1 Å². The third-order valence-electron chi connectivity index (χ3n) is 4.91. The number of carbonyl (C=O) groups excluding carboxylic acids is 1. The number of amides is 1. The standard InChI is InChI=1S/C22H25NO2S/c1-2-16-26-20-11-7-6-10-19(20)21(24)23-17-22(12-14-25-15-13-22)18-8-4-3-5-9-18/h2-11H,1,12-17H2,(H,23,24). The molecule has 0 bridgehead atoms. The molecule has 1 heterocycles. The maximum Gasteiger partial charge on any atom is 0.252 e. The Morgan fingerprint density at radius 2 is 1.81 bits per heavy atom. The molecule has 1 saturated heterocycles. The van der Waals surface area contributed by atoms with Crippen LogP contribution in [0.3, 0.4) is 0 Å². The molecule has 4 heteroatoms. The van der Waals surface area contributed by atoms with E-state index in [1.807, 2.05) is 36.4 Å². The van der Waals surface area contributed by atoms with Crippen molar-refractivity contribution >= 4 is 17.7 Å². The van der Waals surface area contributed by atoms with Gasteiger partial charge in [-0.1, -0.05) is 48.5 Å². The van der Waals surface area contributed by atoms with E-state index in [1.165, 1.54) is 5.56 Å². The van der Waals surface area contributed by atoms with Crippen molar-refractivity contribution in [3.63, 3.8) is 0 Å². The monoisotopic (exact) mass is 367 g/mol. The molecule has 0 spiro atoms. The van der Waals surface area contributed by atoms with Crippen molar-refractivity contribution in [3.05, 3.63) is 78.4 Å². The van der Waals surface area contributed by atoms with Gasteiger partial charge in [-0.25, -0.2) is 0 Å². The van der Waals surface area contributed by atoms with Crippen LogP contribution in [-0.4, -0.2) is 31.4 Å². The molecule has 0 aromatic heterocycles. The molecule has 1 fully saturated rings. The Labute approximate surface area is 159 Å². The van der Waals surface area contributed by atoms with Gasteiger partial charge in [0.1, 0.15) is 0 Å². The highest BCUT2D eigenvalue weighted by atomic mass is 32.2. The summed E-state index contributed by atoms with van der Waals surface area (Å²) in [5.74, 6) is 0.772. The molecule has 2 aromatic carbocycles. The van der Waals surface area contributed by atoms with Crippen molar-refractivity contribution in [2.45, 2.75) is 23.2 Å². The third-order valence-corrected chi connectivity index (χ3v) is 5.98. The Kier molecular flexibility index (Phi) is 6.53. The maximum atomic E-state index is 12.9. The van der Waals surface area contributed by atoms with Crippen molar-refractivity contribution in [3.8, 4) is 0 Å². The Morgan fingerprint density at radius 3 is 2.54 bits per heavy atom. The van der Waals surface area contributed by atoms with E-state index in [0.29, 0.717) is 6.54 Å². The summed E-state index contributed by atoms with van der Waals surface area (Å²) in [6, 6.07) is 18.2. The van der Waals surface area contributed by atoms with Crippen LogP contribution in [-0.2, 0) is 10.2 Å². The molecule has 0 atom stereocenters. The van der Waals surface area contributed by atoms with Crippen LogP contribution in [0.5, 0.6) is 0 Å². The number of carbonyl (C=O) groups is 1. The number of benzene rings is 2. The maximum absolute atomic E-state index is 12.9. The summed E-state index contributed by atoms with van der Waals surface area (Å²) in [6.07, 6.45) is 3.69. The largest absolute Gasteiger partial charge is 0.381 e. The summed E-state index contributed by atoms with van der Waals surface area (Å²) in [5, 5.41) is 3.19. The Hall–Kier alpha value is -2.04. The van der Waals surface area contributed by atoms with E-state index < -0.39 is 0 Å². The van der Waals surface area contributed by atoms with Crippen molar-refractivity contribution < 1.29 is 9.53 Å². The summed E-state index contributed by atoms with van der Waals surface area (Å²) >= 11 is 1.63. The van der Waals surface area contributed by atoms with Gasteiger partial charge in [0.05, 0.1) is 5.56 Å². The van der Waals surface area contributed by atoms with Crippen molar-refractivity contribution in [2.24, 2.45) is 0 Å². The van der Waals surface area contributed by atoms with E-state index in [1.54, 1.807) is 11.8 Å². The molecule has 0 unspecified atom stereocenters. The zero-order chi connectivity index (χ0) is 18.2. The first kappa shape index (κ1) is 18.7. The first-order valence-electron chi connectivity index (χ1n) is 8.99. The quantitative estimate of drug-likeness (QED) is 0.581. The molecule has 1 aliphatic rings. The van der Waals surface area contributed by atoms with E-state index in [9.17, 15) is 4.79 Å². The first-order valence-corrected chi connectivity index (χ1v) is 9.98. The third kappa shape index (κ3) is 4.37. The van der Waals surface area contributed by atoms with Crippen LogP contribution in [0.1, 0.15) is 28.8 Å². The fourth-order valence-corrected chi connectivity index (χ4v) is 4.18. The van der Waals surface area contributed by atoms with E-state index in [4.69, 9.17) is 4.74 Å². The molecule has 2 aromatic rings. The van der Waals surface area contributed by atoms with Gasteiger partial charge >= 0.3 is 0 Å². The Morgan fingerprint density at radius 1 is 1.12 bits per heavy atom. The highest BCUT2D eigenvalue weighted by Gasteiger charge is 2.34. The summed E-state index contributed by atoms with van der Waals surface area (Å²) in [6.45, 7) is 5.85. The molecular formula is C22H25NO2S. The number of rotatable bonds is 7. The average Bonchev–Trinajstić information content (AvgIpc) is 2.72. The first-order chi connectivity index (χ1) is 12.7. The molecule has 26 heavy (non-hydrogen) atoms. The van der Waals surface area contributed by atoms with Gasteiger partial charge in [-0.2, -0.15) is 0 Å². The van der Waals surface area contributed by atoms with Crippen LogP contribution in [0.4, 0.5) is 0 Å². The number of ether oxygens (including phenoxy) is 1. The summed E-state index contributed by atoms with van der Waals surface area (Å²) in [4.78, 5) is 13.9. The minimum absolute atomic E-state index is 0.0149. The number of nitrogens with one attached hydrogen (secondary N) is 1. The highest BCUT2D eigenvalue weighted by molar-refractivity contribution is 7.99. The van der Waals surface area contributed by atoms with Crippen LogP contribution < -0.4 is 5.32 Å².